The standard InChI is InChI=1S/C15H20N8O2/c16-14(25)12-3-1-5-17-15(12)22-9-7-21(8-10-22)13(24)4-2-6-23-11-18-19-20-23/h1,3,5,11H,2,4,6-10H2,(H2,16,25). The average molecular weight is 344 g/mol. The van der Waals surface area contributed by atoms with Gasteiger partial charge in [-0.15, -0.1) is 5.10 Å². The first-order valence-electron chi connectivity index (χ1n) is 8.13. The van der Waals surface area contributed by atoms with E-state index in [2.05, 4.69) is 20.5 Å². The number of aromatic nitrogens is 5. The van der Waals surface area contributed by atoms with Crippen LogP contribution in [0.25, 0.3) is 0 Å². The van der Waals surface area contributed by atoms with Gasteiger partial charge in [-0.3, -0.25) is 9.59 Å². The normalized spacial score (nSPS) is 14.6. The minimum absolute atomic E-state index is 0.115. The van der Waals surface area contributed by atoms with Crippen LogP contribution < -0.4 is 10.6 Å². The molecule has 0 saturated carbocycles. The lowest BCUT2D eigenvalue weighted by molar-refractivity contribution is -0.131. The molecule has 25 heavy (non-hydrogen) atoms. The Morgan fingerprint density at radius 3 is 2.68 bits per heavy atom. The molecule has 0 aromatic carbocycles. The summed E-state index contributed by atoms with van der Waals surface area (Å²) in [7, 11) is 0. The van der Waals surface area contributed by atoms with Crippen molar-refractivity contribution in [3.05, 3.63) is 30.2 Å². The van der Waals surface area contributed by atoms with E-state index in [9.17, 15) is 9.59 Å². The van der Waals surface area contributed by atoms with Crippen molar-refractivity contribution in [1.82, 2.24) is 30.1 Å². The molecule has 10 nitrogen and oxygen atoms in total. The summed E-state index contributed by atoms with van der Waals surface area (Å²) in [4.78, 5) is 31.9. The third-order valence-electron chi connectivity index (χ3n) is 4.15. The zero-order valence-corrected chi connectivity index (χ0v) is 13.8. The molecule has 2 aromatic rings. The van der Waals surface area contributed by atoms with Gasteiger partial charge in [0.15, 0.2) is 0 Å². The lowest BCUT2D eigenvalue weighted by Crippen LogP contribution is -2.49. The number of anilines is 1. The highest BCUT2D eigenvalue weighted by atomic mass is 16.2. The highest BCUT2D eigenvalue weighted by Gasteiger charge is 2.24. The van der Waals surface area contributed by atoms with E-state index < -0.39 is 5.91 Å². The summed E-state index contributed by atoms with van der Waals surface area (Å²) in [5.41, 5.74) is 5.81. The second-order valence-corrected chi connectivity index (χ2v) is 5.78. The summed E-state index contributed by atoms with van der Waals surface area (Å²) in [5, 5.41) is 10.9. The monoisotopic (exact) mass is 344 g/mol. The van der Waals surface area contributed by atoms with Gasteiger partial charge in [0.2, 0.25) is 5.91 Å². The summed E-state index contributed by atoms with van der Waals surface area (Å²) in [5.74, 6) is 0.203. The summed E-state index contributed by atoms with van der Waals surface area (Å²) in [6, 6.07) is 3.36. The molecule has 2 N–H and O–H groups in total. The molecule has 1 saturated heterocycles. The number of carbonyl (C=O) groups is 2. The zero-order chi connectivity index (χ0) is 17.6. The third-order valence-corrected chi connectivity index (χ3v) is 4.15. The Labute approximate surface area is 144 Å². The van der Waals surface area contributed by atoms with Crippen LogP contribution in [0.5, 0.6) is 0 Å². The number of rotatable bonds is 6. The fourth-order valence-corrected chi connectivity index (χ4v) is 2.84. The Bertz CT molecular complexity index is 725. The maximum atomic E-state index is 12.3. The van der Waals surface area contributed by atoms with Crippen LogP contribution in [-0.2, 0) is 11.3 Å². The van der Waals surface area contributed by atoms with Crippen LogP contribution >= 0.6 is 0 Å². The molecule has 3 rings (SSSR count). The summed E-state index contributed by atoms with van der Waals surface area (Å²) < 4.78 is 1.61. The number of hydrogen-bond acceptors (Lipinski definition) is 7. The lowest BCUT2D eigenvalue weighted by Gasteiger charge is -2.36. The minimum Gasteiger partial charge on any atom is -0.365 e. The van der Waals surface area contributed by atoms with Crippen LogP contribution in [0.1, 0.15) is 23.2 Å². The van der Waals surface area contributed by atoms with Crippen molar-refractivity contribution in [2.24, 2.45) is 5.73 Å². The van der Waals surface area contributed by atoms with E-state index in [4.69, 9.17) is 5.73 Å². The lowest BCUT2D eigenvalue weighted by atomic mass is 10.2. The Morgan fingerprint density at radius 2 is 2.00 bits per heavy atom. The molecule has 10 heteroatoms. The van der Waals surface area contributed by atoms with Gasteiger partial charge < -0.3 is 15.5 Å². The fraction of sp³-hybridized carbons (Fsp3) is 0.467. The van der Waals surface area contributed by atoms with E-state index in [1.807, 2.05) is 9.80 Å². The largest absolute Gasteiger partial charge is 0.365 e. The van der Waals surface area contributed by atoms with Gasteiger partial charge in [-0.2, -0.15) is 0 Å². The van der Waals surface area contributed by atoms with E-state index in [1.165, 1.54) is 6.33 Å². The van der Waals surface area contributed by atoms with Crippen molar-refractivity contribution in [3.63, 3.8) is 0 Å². The number of piperazine rings is 1. The van der Waals surface area contributed by atoms with E-state index in [0.717, 1.165) is 0 Å². The Kier molecular flexibility index (Phi) is 5.17. The molecule has 0 unspecified atom stereocenters. The molecule has 0 radical (unpaired) electrons. The maximum Gasteiger partial charge on any atom is 0.252 e. The van der Waals surface area contributed by atoms with Gasteiger partial charge in [-0.1, -0.05) is 0 Å². The van der Waals surface area contributed by atoms with Crippen LogP contribution in [0.4, 0.5) is 5.82 Å². The van der Waals surface area contributed by atoms with Gasteiger partial charge in [0.1, 0.15) is 12.1 Å². The number of pyridine rings is 1. The summed E-state index contributed by atoms with van der Waals surface area (Å²) in [6.45, 7) is 3.05. The van der Waals surface area contributed by atoms with Crippen LogP contribution in [0.15, 0.2) is 24.7 Å². The van der Waals surface area contributed by atoms with Gasteiger partial charge in [-0.05, 0) is 29.0 Å². The van der Waals surface area contributed by atoms with Crippen LogP contribution in [0.3, 0.4) is 0 Å². The molecule has 0 spiro atoms. The zero-order valence-electron chi connectivity index (χ0n) is 13.8. The second-order valence-electron chi connectivity index (χ2n) is 5.78. The van der Waals surface area contributed by atoms with E-state index >= 15 is 0 Å². The first-order chi connectivity index (χ1) is 12.1. The summed E-state index contributed by atoms with van der Waals surface area (Å²) >= 11 is 0. The molecule has 1 aliphatic rings. The first-order valence-corrected chi connectivity index (χ1v) is 8.13. The molecule has 1 aliphatic heterocycles. The second kappa shape index (κ2) is 7.69. The van der Waals surface area contributed by atoms with Crippen molar-refractivity contribution in [1.29, 1.82) is 0 Å². The molecule has 0 atom stereocenters. The third kappa shape index (κ3) is 4.08. The number of nitrogens with two attached hydrogens (primary N) is 1. The smallest absolute Gasteiger partial charge is 0.252 e. The van der Waals surface area contributed by atoms with Crippen molar-refractivity contribution in [2.75, 3.05) is 31.1 Å². The Morgan fingerprint density at radius 1 is 1.20 bits per heavy atom. The van der Waals surface area contributed by atoms with E-state index in [1.54, 1.807) is 23.0 Å². The molecule has 1 fully saturated rings. The molecule has 3 heterocycles. The van der Waals surface area contributed by atoms with Crippen molar-refractivity contribution >= 4 is 17.6 Å². The molecule has 2 amide bonds. The quantitative estimate of drug-likeness (QED) is 0.734. The highest BCUT2D eigenvalue weighted by Crippen LogP contribution is 2.18. The first kappa shape index (κ1) is 16.8. The maximum absolute atomic E-state index is 12.3. The molecule has 0 bridgehead atoms. The highest BCUT2D eigenvalue weighted by molar-refractivity contribution is 5.97. The predicted molar refractivity (Wildman–Crippen MR) is 88.6 cm³/mol. The van der Waals surface area contributed by atoms with Crippen molar-refractivity contribution in [2.45, 2.75) is 19.4 Å². The van der Waals surface area contributed by atoms with Gasteiger partial charge in [0, 0.05) is 45.3 Å². The Balaban J connectivity index is 1.50. The van der Waals surface area contributed by atoms with Crippen molar-refractivity contribution in [3.8, 4) is 0 Å². The van der Waals surface area contributed by atoms with E-state index in [0.29, 0.717) is 56.9 Å². The molecular formula is C15H20N8O2. The SMILES string of the molecule is NC(=O)c1cccnc1N1CCN(C(=O)CCCn2cnnn2)CC1. The number of nitrogens with zero attached hydrogens (tertiary/aromatic N) is 7. The number of primary amides is 1. The predicted octanol–water partition coefficient (Wildman–Crippen LogP) is -0.704. The number of aryl methyl sites for hydroxylation is 1. The molecule has 132 valence electrons. The molecular weight excluding hydrogens is 324 g/mol. The van der Waals surface area contributed by atoms with Crippen LogP contribution in [-0.4, -0.2) is 68.1 Å². The van der Waals surface area contributed by atoms with Crippen LogP contribution in [0.2, 0.25) is 0 Å². The van der Waals surface area contributed by atoms with Gasteiger partial charge >= 0.3 is 0 Å². The topological polar surface area (TPSA) is 123 Å². The van der Waals surface area contributed by atoms with E-state index in [-0.39, 0.29) is 5.91 Å². The van der Waals surface area contributed by atoms with Gasteiger partial charge in [0.25, 0.3) is 5.91 Å². The minimum atomic E-state index is -0.496. The number of tetrazole rings is 1. The van der Waals surface area contributed by atoms with Gasteiger partial charge in [-0.25, -0.2) is 9.67 Å². The fourth-order valence-electron chi connectivity index (χ4n) is 2.84. The number of amides is 2. The Hall–Kier alpha value is -3.04. The summed E-state index contributed by atoms with van der Waals surface area (Å²) in [6.07, 6.45) is 4.32. The van der Waals surface area contributed by atoms with Crippen LogP contribution in [0, 0.1) is 0 Å². The van der Waals surface area contributed by atoms with Crippen molar-refractivity contribution < 1.29 is 9.59 Å². The number of hydrogen-bond donors (Lipinski definition) is 1. The number of carbonyl (C=O) groups excluding carboxylic acids is 2. The molecule has 2 aromatic heterocycles. The van der Waals surface area contributed by atoms with Gasteiger partial charge in [0.05, 0.1) is 5.56 Å². The molecule has 0 aliphatic carbocycles. The average Bonchev–Trinajstić information content (AvgIpc) is 3.15.